The van der Waals surface area contributed by atoms with Crippen molar-refractivity contribution in [3.05, 3.63) is 10.6 Å². The van der Waals surface area contributed by atoms with E-state index < -0.39 is 12.2 Å². The number of aliphatic hydroxyl groups is 2. The Morgan fingerprint density at radius 1 is 1.57 bits per heavy atom. The number of aryl methyl sites for hydroxylation is 1. The Morgan fingerprint density at radius 3 is 2.64 bits per heavy atom. The summed E-state index contributed by atoms with van der Waals surface area (Å²) in [6, 6.07) is 0. The lowest BCUT2D eigenvalue weighted by Gasteiger charge is -2.15. The van der Waals surface area contributed by atoms with Gasteiger partial charge >= 0.3 is 0 Å². The van der Waals surface area contributed by atoms with Crippen molar-refractivity contribution in [2.75, 3.05) is 11.1 Å². The Labute approximate surface area is 94.9 Å². The molecule has 0 saturated heterocycles. The molecule has 0 amide bonds. The molecule has 1 heterocycles. The van der Waals surface area contributed by atoms with Gasteiger partial charge < -0.3 is 15.9 Å². The van der Waals surface area contributed by atoms with Crippen LogP contribution in [0.3, 0.4) is 0 Å². The van der Waals surface area contributed by atoms with Gasteiger partial charge in [-0.25, -0.2) is 4.98 Å². The van der Waals surface area contributed by atoms with Crippen molar-refractivity contribution in [1.82, 2.24) is 4.98 Å². The molecule has 4 nitrogen and oxygen atoms in total. The highest BCUT2D eigenvalue weighted by molar-refractivity contribution is 9.09. The number of hydrogen-bond acceptors (Lipinski definition) is 5. The first-order valence-corrected chi connectivity index (χ1v) is 6.15. The van der Waals surface area contributed by atoms with Crippen molar-refractivity contribution in [2.45, 2.75) is 25.6 Å². The van der Waals surface area contributed by atoms with Gasteiger partial charge in [0, 0.05) is 5.33 Å². The summed E-state index contributed by atoms with van der Waals surface area (Å²) >= 11 is 4.42. The van der Waals surface area contributed by atoms with Crippen molar-refractivity contribution in [3.63, 3.8) is 0 Å². The molecule has 0 aliphatic rings. The zero-order chi connectivity index (χ0) is 10.7. The number of aromatic nitrogens is 1. The first-order valence-electron chi connectivity index (χ1n) is 4.21. The van der Waals surface area contributed by atoms with Gasteiger partial charge in [0.1, 0.15) is 6.10 Å². The Kier molecular flexibility index (Phi) is 4.31. The monoisotopic (exact) mass is 280 g/mol. The van der Waals surface area contributed by atoms with Crippen LogP contribution in [0.4, 0.5) is 5.13 Å². The summed E-state index contributed by atoms with van der Waals surface area (Å²) in [6.07, 6.45) is -1.16. The van der Waals surface area contributed by atoms with Crippen LogP contribution < -0.4 is 5.73 Å². The minimum absolute atomic E-state index is 0.419. The molecule has 1 rings (SSSR count). The zero-order valence-corrected chi connectivity index (χ0v) is 10.2. The van der Waals surface area contributed by atoms with Crippen molar-refractivity contribution in [1.29, 1.82) is 0 Å². The van der Waals surface area contributed by atoms with Crippen molar-refractivity contribution in [2.24, 2.45) is 0 Å². The number of nitrogens with two attached hydrogens (primary N) is 1. The van der Waals surface area contributed by atoms with E-state index in [4.69, 9.17) is 5.73 Å². The molecule has 0 radical (unpaired) electrons. The van der Waals surface area contributed by atoms with Crippen LogP contribution >= 0.6 is 27.3 Å². The van der Waals surface area contributed by atoms with Gasteiger partial charge in [-0.1, -0.05) is 27.3 Å². The number of nitrogen functional groups attached to an aromatic ring is 1. The van der Waals surface area contributed by atoms with Crippen LogP contribution in [0, 0.1) is 6.92 Å². The third-order valence-electron chi connectivity index (χ3n) is 1.89. The fraction of sp³-hybridized carbons (Fsp3) is 0.625. The molecule has 4 N–H and O–H groups in total. The number of anilines is 1. The molecule has 2 atom stereocenters. The standard InChI is InChI=1S/C8H13BrN2O2S/c1-4-7(14-8(10)11-4)6(13)5(12)2-3-9/h5-6,12-13H,2-3H2,1H3,(H2,10,11). The van der Waals surface area contributed by atoms with E-state index in [1.165, 1.54) is 11.3 Å². The Balaban J connectivity index is 2.77. The minimum atomic E-state index is -0.887. The van der Waals surface area contributed by atoms with E-state index in [0.29, 0.717) is 27.5 Å². The predicted octanol–water partition coefficient (Wildman–Crippen LogP) is 1.21. The number of halogens is 1. The summed E-state index contributed by atoms with van der Waals surface area (Å²) in [5.74, 6) is 0. The van der Waals surface area contributed by atoms with Crippen LogP contribution in [0.5, 0.6) is 0 Å². The topological polar surface area (TPSA) is 79.4 Å². The average Bonchev–Trinajstić information content (AvgIpc) is 2.44. The molecule has 1 aromatic heterocycles. The number of alkyl halides is 1. The normalized spacial score (nSPS) is 15.4. The maximum atomic E-state index is 9.76. The molecule has 80 valence electrons. The molecule has 0 spiro atoms. The largest absolute Gasteiger partial charge is 0.390 e. The van der Waals surface area contributed by atoms with E-state index >= 15 is 0 Å². The third kappa shape index (κ3) is 2.66. The Bertz CT molecular complexity index is 306. The molecular formula is C8H13BrN2O2S. The highest BCUT2D eigenvalue weighted by Gasteiger charge is 2.22. The quantitative estimate of drug-likeness (QED) is 0.725. The lowest BCUT2D eigenvalue weighted by Crippen LogP contribution is -2.18. The van der Waals surface area contributed by atoms with Gasteiger partial charge in [-0.2, -0.15) is 0 Å². The lowest BCUT2D eigenvalue weighted by atomic mass is 10.1. The van der Waals surface area contributed by atoms with E-state index in [2.05, 4.69) is 20.9 Å². The molecule has 14 heavy (non-hydrogen) atoms. The average molecular weight is 281 g/mol. The van der Waals surface area contributed by atoms with Gasteiger partial charge in [-0.05, 0) is 13.3 Å². The molecule has 2 unspecified atom stereocenters. The van der Waals surface area contributed by atoms with Crippen LogP contribution in [-0.2, 0) is 0 Å². The van der Waals surface area contributed by atoms with Gasteiger partial charge in [-0.3, -0.25) is 0 Å². The zero-order valence-electron chi connectivity index (χ0n) is 7.77. The van der Waals surface area contributed by atoms with Crippen LogP contribution in [0.15, 0.2) is 0 Å². The smallest absolute Gasteiger partial charge is 0.180 e. The predicted molar refractivity (Wildman–Crippen MR) is 60.6 cm³/mol. The highest BCUT2D eigenvalue weighted by atomic mass is 79.9. The summed E-state index contributed by atoms with van der Waals surface area (Å²) in [7, 11) is 0. The Morgan fingerprint density at radius 2 is 2.21 bits per heavy atom. The number of hydrogen-bond donors (Lipinski definition) is 3. The van der Waals surface area contributed by atoms with E-state index in [1.54, 1.807) is 6.92 Å². The molecule has 0 fully saturated rings. The van der Waals surface area contributed by atoms with Gasteiger partial charge in [0.2, 0.25) is 0 Å². The number of rotatable bonds is 4. The molecule has 6 heteroatoms. The molecular weight excluding hydrogens is 268 g/mol. The van der Waals surface area contributed by atoms with Gasteiger partial charge in [0.25, 0.3) is 0 Å². The maximum Gasteiger partial charge on any atom is 0.180 e. The van der Waals surface area contributed by atoms with Gasteiger partial charge in [0.15, 0.2) is 5.13 Å². The second kappa shape index (κ2) is 5.06. The van der Waals surface area contributed by atoms with E-state index in [0.717, 1.165) is 0 Å². The second-order valence-corrected chi connectivity index (χ2v) is 4.85. The van der Waals surface area contributed by atoms with Crippen LogP contribution in [0.1, 0.15) is 23.1 Å². The van der Waals surface area contributed by atoms with Crippen LogP contribution in [0.25, 0.3) is 0 Å². The first-order chi connectivity index (χ1) is 6.56. The highest BCUT2D eigenvalue weighted by Crippen LogP contribution is 2.29. The first kappa shape index (κ1) is 11.9. The maximum absolute atomic E-state index is 9.76. The summed E-state index contributed by atoms with van der Waals surface area (Å²) in [5.41, 5.74) is 6.19. The van der Waals surface area contributed by atoms with Crippen molar-refractivity contribution in [3.8, 4) is 0 Å². The number of thiazole rings is 1. The second-order valence-electron chi connectivity index (χ2n) is 2.99. The summed E-state index contributed by atoms with van der Waals surface area (Å²) in [5, 5.41) is 20.4. The molecule has 0 aliphatic heterocycles. The van der Waals surface area contributed by atoms with Gasteiger partial charge in [0.05, 0.1) is 16.7 Å². The third-order valence-corrected chi connectivity index (χ3v) is 3.40. The van der Waals surface area contributed by atoms with Gasteiger partial charge in [-0.15, -0.1) is 0 Å². The fourth-order valence-electron chi connectivity index (χ4n) is 1.15. The fourth-order valence-corrected chi connectivity index (χ4v) is 2.50. The number of nitrogens with zero attached hydrogens (tertiary/aromatic N) is 1. The van der Waals surface area contributed by atoms with E-state index in [1.807, 2.05) is 0 Å². The van der Waals surface area contributed by atoms with E-state index in [9.17, 15) is 10.2 Å². The van der Waals surface area contributed by atoms with E-state index in [-0.39, 0.29) is 0 Å². The lowest BCUT2D eigenvalue weighted by molar-refractivity contribution is 0.0190. The summed E-state index contributed by atoms with van der Waals surface area (Å²) in [6.45, 7) is 1.77. The number of aliphatic hydroxyl groups excluding tert-OH is 2. The van der Waals surface area contributed by atoms with Crippen molar-refractivity contribution < 1.29 is 10.2 Å². The molecule has 1 aromatic rings. The molecule has 0 aliphatic carbocycles. The SMILES string of the molecule is Cc1nc(N)sc1C(O)C(O)CCBr. The Hall–Kier alpha value is -0.170. The molecule has 0 aromatic carbocycles. The summed E-state index contributed by atoms with van der Waals surface area (Å²) < 4.78 is 0. The molecule has 0 bridgehead atoms. The molecule has 0 saturated carbocycles. The van der Waals surface area contributed by atoms with Crippen LogP contribution in [-0.4, -0.2) is 26.6 Å². The van der Waals surface area contributed by atoms with Crippen molar-refractivity contribution >= 4 is 32.4 Å². The minimum Gasteiger partial charge on any atom is -0.390 e. The summed E-state index contributed by atoms with van der Waals surface area (Å²) in [4.78, 5) is 4.64. The van der Waals surface area contributed by atoms with Crippen LogP contribution in [0.2, 0.25) is 0 Å².